The Balaban J connectivity index is 1.94. The lowest BCUT2D eigenvalue weighted by atomic mass is 9.99. The number of carbonyl (C=O) groups excluding carboxylic acids is 4. The molecule has 4 amide bonds. The third-order valence-corrected chi connectivity index (χ3v) is 5.79. The molecule has 2 fully saturated rings. The normalized spacial score (nSPS) is 20.5. The number of amides is 4. The van der Waals surface area contributed by atoms with Crippen LogP contribution in [0.3, 0.4) is 0 Å². The number of imide groups is 1. The summed E-state index contributed by atoms with van der Waals surface area (Å²) in [7, 11) is 0. The number of thioether (sulfide) groups is 1. The van der Waals surface area contributed by atoms with E-state index in [2.05, 4.69) is 10.6 Å². The quantitative estimate of drug-likeness (QED) is 0.606. The van der Waals surface area contributed by atoms with Crippen molar-refractivity contribution in [2.75, 3.05) is 13.1 Å². The van der Waals surface area contributed by atoms with Crippen LogP contribution in [0.25, 0.3) is 6.08 Å². The summed E-state index contributed by atoms with van der Waals surface area (Å²) in [5, 5.41) is 4.98. The highest BCUT2D eigenvalue weighted by molar-refractivity contribution is 8.18. The third-order valence-electron chi connectivity index (χ3n) is 4.98. The van der Waals surface area contributed by atoms with E-state index < -0.39 is 28.7 Å². The van der Waals surface area contributed by atoms with Gasteiger partial charge in [-0.25, -0.2) is 4.79 Å². The molecule has 1 atom stereocenters. The Kier molecular flexibility index (Phi) is 6.71. The van der Waals surface area contributed by atoms with Gasteiger partial charge in [-0.2, -0.15) is 0 Å². The molecule has 10 heteroatoms. The fourth-order valence-electron chi connectivity index (χ4n) is 3.64. The lowest BCUT2D eigenvalue weighted by molar-refractivity contribution is -0.115. The molecule has 1 aromatic carbocycles. The van der Waals surface area contributed by atoms with Crippen molar-refractivity contribution in [1.82, 2.24) is 15.5 Å². The molecular formula is C21H26N4O5S. The molecule has 0 saturated carbocycles. The van der Waals surface area contributed by atoms with Gasteiger partial charge in [-0.3, -0.25) is 24.6 Å². The molecular weight excluding hydrogens is 420 g/mol. The van der Waals surface area contributed by atoms with Crippen molar-refractivity contribution in [1.29, 1.82) is 0 Å². The van der Waals surface area contributed by atoms with E-state index >= 15 is 0 Å². The lowest BCUT2D eigenvalue weighted by Gasteiger charge is -2.42. The molecule has 9 nitrogen and oxygen atoms in total. The zero-order valence-electron chi connectivity index (χ0n) is 17.7. The van der Waals surface area contributed by atoms with Crippen molar-refractivity contribution >= 4 is 41.0 Å². The Morgan fingerprint density at radius 3 is 2.58 bits per heavy atom. The van der Waals surface area contributed by atoms with Crippen molar-refractivity contribution in [2.45, 2.75) is 45.2 Å². The molecule has 2 saturated heterocycles. The predicted octanol–water partition coefficient (Wildman–Crippen LogP) is 2.46. The van der Waals surface area contributed by atoms with Crippen LogP contribution >= 0.6 is 11.8 Å². The third kappa shape index (κ3) is 5.45. The van der Waals surface area contributed by atoms with Gasteiger partial charge < -0.3 is 15.8 Å². The van der Waals surface area contributed by atoms with Gasteiger partial charge in [0.15, 0.2) is 0 Å². The number of nitrogens with zero attached hydrogens (tertiary/aromatic N) is 1. The van der Waals surface area contributed by atoms with Crippen LogP contribution in [0.1, 0.15) is 49.5 Å². The standard InChI is InChI=1S/C21H26N4O5S/c1-21(2,3)25(14-5-4-8-23-11-14)20(29)30-15-7-6-12(17(22)26)9-13(15)10-16-18(27)24-19(28)31-16/h6-7,9-10,14,23H,4-5,8,11H2,1-3H3,(H2,22,26)(H,24,27,28). The van der Waals surface area contributed by atoms with Crippen LogP contribution < -0.4 is 21.1 Å². The van der Waals surface area contributed by atoms with Crippen LogP contribution in [-0.4, -0.2) is 52.7 Å². The minimum absolute atomic E-state index is 0.0262. The Labute approximate surface area is 184 Å². The smallest absolute Gasteiger partial charge is 0.410 e. The summed E-state index contributed by atoms with van der Waals surface area (Å²) in [4.78, 5) is 50.1. The molecule has 2 aliphatic heterocycles. The number of piperidine rings is 1. The first-order chi connectivity index (χ1) is 14.6. The SMILES string of the molecule is CC(C)(C)N(C(=O)Oc1ccc(C(N)=O)cc1C=C1SC(=O)NC1=O)C1CCCNC1. The van der Waals surface area contributed by atoms with E-state index in [0.29, 0.717) is 12.1 Å². The molecule has 31 heavy (non-hydrogen) atoms. The van der Waals surface area contributed by atoms with Gasteiger partial charge >= 0.3 is 6.09 Å². The van der Waals surface area contributed by atoms with E-state index in [4.69, 9.17) is 10.5 Å². The predicted molar refractivity (Wildman–Crippen MR) is 118 cm³/mol. The molecule has 3 rings (SSSR count). The van der Waals surface area contributed by atoms with E-state index in [1.54, 1.807) is 4.90 Å². The minimum atomic E-state index is -0.665. The maximum Gasteiger partial charge on any atom is 0.415 e. The molecule has 0 aromatic heterocycles. The lowest BCUT2D eigenvalue weighted by Crippen LogP contribution is -2.57. The summed E-state index contributed by atoms with van der Waals surface area (Å²) in [5.41, 5.74) is 5.37. The van der Waals surface area contributed by atoms with Gasteiger partial charge in [-0.05, 0) is 76.2 Å². The zero-order chi connectivity index (χ0) is 22.8. The van der Waals surface area contributed by atoms with Gasteiger partial charge in [0.2, 0.25) is 5.91 Å². The molecule has 4 N–H and O–H groups in total. The minimum Gasteiger partial charge on any atom is -0.410 e. The summed E-state index contributed by atoms with van der Waals surface area (Å²) < 4.78 is 5.73. The number of primary amides is 1. The highest BCUT2D eigenvalue weighted by Crippen LogP contribution is 2.31. The van der Waals surface area contributed by atoms with Gasteiger partial charge in [0.05, 0.1) is 4.91 Å². The van der Waals surface area contributed by atoms with E-state index in [1.807, 2.05) is 20.8 Å². The molecule has 0 spiro atoms. The van der Waals surface area contributed by atoms with Crippen LogP contribution in [0, 0.1) is 0 Å². The van der Waals surface area contributed by atoms with E-state index in [0.717, 1.165) is 31.1 Å². The van der Waals surface area contributed by atoms with Crippen LogP contribution in [0.4, 0.5) is 9.59 Å². The molecule has 0 bridgehead atoms. The molecule has 0 aliphatic carbocycles. The van der Waals surface area contributed by atoms with Crippen molar-refractivity contribution in [3.8, 4) is 5.75 Å². The molecule has 0 radical (unpaired) electrons. The number of hydrogen-bond acceptors (Lipinski definition) is 7. The Morgan fingerprint density at radius 1 is 1.29 bits per heavy atom. The fraction of sp³-hybridized carbons (Fsp3) is 0.429. The number of nitrogens with two attached hydrogens (primary N) is 1. The Bertz CT molecular complexity index is 948. The number of carbonyl (C=O) groups is 4. The number of rotatable bonds is 4. The van der Waals surface area contributed by atoms with Crippen LogP contribution in [0.15, 0.2) is 23.1 Å². The van der Waals surface area contributed by atoms with Gasteiger partial charge in [0, 0.05) is 29.3 Å². The van der Waals surface area contributed by atoms with Crippen molar-refractivity contribution < 1.29 is 23.9 Å². The summed E-state index contributed by atoms with van der Waals surface area (Å²) in [6.45, 7) is 7.39. The molecule has 1 unspecified atom stereocenters. The summed E-state index contributed by atoms with van der Waals surface area (Å²) >= 11 is 0.730. The first-order valence-electron chi connectivity index (χ1n) is 9.97. The first kappa shape index (κ1) is 22.8. The second-order valence-corrected chi connectivity index (χ2v) is 9.39. The monoisotopic (exact) mass is 446 g/mol. The highest BCUT2D eigenvalue weighted by Gasteiger charge is 2.36. The number of nitrogens with one attached hydrogen (secondary N) is 2. The van der Waals surface area contributed by atoms with Crippen molar-refractivity contribution in [2.24, 2.45) is 5.73 Å². The highest BCUT2D eigenvalue weighted by atomic mass is 32.2. The first-order valence-corrected chi connectivity index (χ1v) is 10.8. The zero-order valence-corrected chi connectivity index (χ0v) is 18.5. The van der Waals surface area contributed by atoms with Crippen molar-refractivity contribution in [3.05, 3.63) is 34.2 Å². The van der Waals surface area contributed by atoms with Crippen molar-refractivity contribution in [3.63, 3.8) is 0 Å². The maximum atomic E-state index is 13.2. The molecule has 2 aliphatic rings. The van der Waals surface area contributed by atoms with Gasteiger partial charge in [0.1, 0.15) is 5.75 Å². The number of ether oxygens (including phenoxy) is 1. The Morgan fingerprint density at radius 2 is 2.03 bits per heavy atom. The molecule has 2 heterocycles. The maximum absolute atomic E-state index is 13.2. The summed E-state index contributed by atoms with van der Waals surface area (Å²) in [5.74, 6) is -1.06. The summed E-state index contributed by atoms with van der Waals surface area (Å²) in [6, 6.07) is 4.31. The second-order valence-electron chi connectivity index (χ2n) is 8.38. The number of benzene rings is 1. The van der Waals surface area contributed by atoms with Crippen LogP contribution in [0.2, 0.25) is 0 Å². The van der Waals surface area contributed by atoms with Crippen LogP contribution in [-0.2, 0) is 4.79 Å². The number of hydrogen-bond donors (Lipinski definition) is 3. The van der Waals surface area contributed by atoms with Gasteiger partial charge in [-0.15, -0.1) is 0 Å². The topological polar surface area (TPSA) is 131 Å². The summed E-state index contributed by atoms with van der Waals surface area (Å²) in [6.07, 6.45) is 2.68. The molecule has 1 aromatic rings. The van der Waals surface area contributed by atoms with Gasteiger partial charge in [-0.1, -0.05) is 0 Å². The Hall–Kier alpha value is -2.85. The van der Waals surface area contributed by atoms with Gasteiger partial charge in [0.25, 0.3) is 11.1 Å². The van der Waals surface area contributed by atoms with E-state index in [9.17, 15) is 19.2 Å². The van der Waals surface area contributed by atoms with E-state index in [1.165, 1.54) is 24.3 Å². The largest absolute Gasteiger partial charge is 0.415 e. The molecule has 166 valence electrons. The average Bonchev–Trinajstić information content (AvgIpc) is 2.99. The average molecular weight is 447 g/mol. The van der Waals surface area contributed by atoms with E-state index in [-0.39, 0.29) is 22.3 Å². The second kappa shape index (κ2) is 9.11. The fourth-order valence-corrected chi connectivity index (χ4v) is 4.31. The van der Waals surface area contributed by atoms with Crippen LogP contribution in [0.5, 0.6) is 5.75 Å².